The van der Waals surface area contributed by atoms with E-state index in [9.17, 15) is 5.26 Å². The second-order valence-electron chi connectivity index (χ2n) is 4.84. The molecule has 102 valence electrons. The summed E-state index contributed by atoms with van der Waals surface area (Å²) in [6.07, 6.45) is 5.18. The molecule has 4 heteroatoms. The summed E-state index contributed by atoms with van der Waals surface area (Å²) in [5.74, 6) is 0. The van der Waals surface area contributed by atoms with Crippen LogP contribution in [-0.2, 0) is 6.54 Å². The number of hydrogen-bond acceptors (Lipinski definition) is 4. The Morgan fingerprint density at radius 3 is 2.86 bits per heavy atom. The molecule has 0 unspecified atom stereocenters. The van der Waals surface area contributed by atoms with E-state index in [0.717, 1.165) is 27.7 Å². The molecule has 0 saturated carbocycles. The Morgan fingerprint density at radius 2 is 2.10 bits per heavy atom. The van der Waals surface area contributed by atoms with Crippen molar-refractivity contribution in [2.75, 3.05) is 5.32 Å². The van der Waals surface area contributed by atoms with Crippen molar-refractivity contribution in [3.63, 3.8) is 0 Å². The Morgan fingerprint density at radius 1 is 1.19 bits per heavy atom. The van der Waals surface area contributed by atoms with Crippen LogP contribution in [-0.4, -0.2) is 9.97 Å². The zero-order chi connectivity index (χ0) is 14.7. The Hall–Kier alpha value is -2.93. The van der Waals surface area contributed by atoms with Gasteiger partial charge in [0.1, 0.15) is 6.07 Å². The van der Waals surface area contributed by atoms with Gasteiger partial charge in [0.15, 0.2) is 0 Å². The van der Waals surface area contributed by atoms with Crippen LogP contribution in [0.25, 0.3) is 10.9 Å². The van der Waals surface area contributed by atoms with E-state index in [-0.39, 0.29) is 0 Å². The lowest BCUT2D eigenvalue weighted by molar-refractivity contribution is 1.11. The second-order valence-corrected chi connectivity index (χ2v) is 4.84. The average Bonchev–Trinajstić information content (AvgIpc) is 2.54. The molecule has 0 atom stereocenters. The van der Waals surface area contributed by atoms with Gasteiger partial charge < -0.3 is 5.32 Å². The number of fused-ring (bicyclic) bond motifs is 1. The van der Waals surface area contributed by atoms with Gasteiger partial charge in [-0.2, -0.15) is 5.26 Å². The highest BCUT2D eigenvalue weighted by atomic mass is 14.9. The van der Waals surface area contributed by atoms with Gasteiger partial charge in [0.2, 0.25) is 0 Å². The lowest BCUT2D eigenvalue weighted by Crippen LogP contribution is -2.03. The number of hydrogen-bond donors (Lipinski definition) is 1. The van der Waals surface area contributed by atoms with E-state index < -0.39 is 0 Å². The highest BCUT2D eigenvalue weighted by Crippen LogP contribution is 2.27. The molecule has 0 amide bonds. The van der Waals surface area contributed by atoms with E-state index in [1.54, 1.807) is 12.4 Å². The molecule has 0 fully saturated rings. The lowest BCUT2D eigenvalue weighted by atomic mass is 10.1. The predicted octanol–water partition coefficient (Wildman–Crippen LogP) is 3.42. The molecular formula is C17H14N4. The maximum Gasteiger partial charge on any atom is 0.103 e. The zero-order valence-electron chi connectivity index (χ0n) is 11.7. The van der Waals surface area contributed by atoms with Crippen molar-refractivity contribution in [3.05, 3.63) is 65.6 Å². The van der Waals surface area contributed by atoms with Crippen LogP contribution in [0.3, 0.4) is 0 Å². The Labute approximate surface area is 123 Å². The minimum Gasteiger partial charge on any atom is -0.379 e. The summed E-state index contributed by atoms with van der Waals surface area (Å²) < 4.78 is 0. The summed E-state index contributed by atoms with van der Waals surface area (Å²) in [7, 11) is 0. The number of nitrogens with zero attached hydrogens (tertiary/aromatic N) is 3. The van der Waals surface area contributed by atoms with E-state index >= 15 is 0 Å². The molecule has 2 aromatic heterocycles. The molecule has 2 heterocycles. The molecule has 0 saturated heterocycles. The summed E-state index contributed by atoms with van der Waals surface area (Å²) in [4.78, 5) is 8.49. The van der Waals surface area contributed by atoms with Gasteiger partial charge in [-0.05, 0) is 24.1 Å². The van der Waals surface area contributed by atoms with E-state index in [1.165, 1.54) is 0 Å². The van der Waals surface area contributed by atoms with Crippen molar-refractivity contribution in [3.8, 4) is 6.07 Å². The maximum absolute atomic E-state index is 9.30. The number of para-hydroxylation sites is 1. The predicted molar refractivity (Wildman–Crippen MR) is 82.8 cm³/mol. The normalized spacial score (nSPS) is 10.3. The fourth-order valence-electron chi connectivity index (χ4n) is 2.34. The van der Waals surface area contributed by atoms with Gasteiger partial charge in [-0.25, -0.2) is 0 Å². The number of anilines is 1. The lowest BCUT2D eigenvalue weighted by Gasteiger charge is -2.12. The summed E-state index contributed by atoms with van der Waals surface area (Å²) in [6.45, 7) is 2.64. The van der Waals surface area contributed by atoms with Gasteiger partial charge in [0.05, 0.1) is 16.8 Å². The summed E-state index contributed by atoms with van der Waals surface area (Å²) >= 11 is 0. The molecule has 0 bridgehead atoms. The highest BCUT2D eigenvalue weighted by molar-refractivity contribution is 5.95. The van der Waals surface area contributed by atoms with Gasteiger partial charge in [0, 0.05) is 30.5 Å². The summed E-state index contributed by atoms with van der Waals surface area (Å²) in [5, 5.41) is 13.6. The SMILES string of the molecule is Cc1cccc2c(NCc3cccnc3)c(C#N)cnc12. The second kappa shape index (κ2) is 5.59. The van der Waals surface area contributed by atoms with E-state index in [2.05, 4.69) is 21.4 Å². The molecule has 3 aromatic rings. The first-order valence-corrected chi connectivity index (χ1v) is 6.71. The van der Waals surface area contributed by atoms with E-state index in [0.29, 0.717) is 12.1 Å². The largest absolute Gasteiger partial charge is 0.379 e. The van der Waals surface area contributed by atoms with Crippen LogP contribution in [0, 0.1) is 18.3 Å². The van der Waals surface area contributed by atoms with Gasteiger partial charge in [0.25, 0.3) is 0 Å². The standard InChI is InChI=1S/C17H14N4/c1-12-4-2-6-15-16(12)21-11-14(8-18)17(15)20-10-13-5-3-7-19-9-13/h2-7,9,11H,10H2,1H3,(H,20,21). The molecule has 0 spiro atoms. The third kappa shape index (κ3) is 2.54. The van der Waals surface area contributed by atoms with Crippen molar-refractivity contribution in [1.29, 1.82) is 5.26 Å². The number of nitrogens with one attached hydrogen (secondary N) is 1. The van der Waals surface area contributed by atoms with Crippen LogP contribution in [0.4, 0.5) is 5.69 Å². The van der Waals surface area contributed by atoms with Gasteiger partial charge in [-0.3, -0.25) is 9.97 Å². The quantitative estimate of drug-likeness (QED) is 0.795. The Bertz CT molecular complexity index is 819. The number of benzene rings is 1. The van der Waals surface area contributed by atoms with Crippen LogP contribution < -0.4 is 5.32 Å². The van der Waals surface area contributed by atoms with Crippen molar-refractivity contribution >= 4 is 16.6 Å². The average molecular weight is 274 g/mol. The van der Waals surface area contributed by atoms with Crippen LogP contribution >= 0.6 is 0 Å². The Balaban J connectivity index is 2.04. The van der Waals surface area contributed by atoms with Gasteiger partial charge in [-0.15, -0.1) is 0 Å². The molecule has 21 heavy (non-hydrogen) atoms. The third-order valence-corrected chi connectivity index (χ3v) is 3.41. The number of aryl methyl sites for hydroxylation is 1. The Kier molecular flexibility index (Phi) is 3.48. The van der Waals surface area contributed by atoms with Crippen molar-refractivity contribution in [2.45, 2.75) is 13.5 Å². The van der Waals surface area contributed by atoms with E-state index in [4.69, 9.17) is 0 Å². The van der Waals surface area contributed by atoms with Crippen LogP contribution in [0.15, 0.2) is 48.9 Å². The van der Waals surface area contributed by atoms with Gasteiger partial charge in [-0.1, -0.05) is 24.3 Å². The molecule has 0 aliphatic rings. The number of aromatic nitrogens is 2. The number of rotatable bonds is 3. The van der Waals surface area contributed by atoms with Crippen molar-refractivity contribution in [1.82, 2.24) is 9.97 Å². The van der Waals surface area contributed by atoms with Crippen molar-refractivity contribution in [2.24, 2.45) is 0 Å². The van der Waals surface area contributed by atoms with Crippen LogP contribution in [0.2, 0.25) is 0 Å². The molecule has 3 rings (SSSR count). The molecule has 0 aliphatic carbocycles. The molecular weight excluding hydrogens is 260 g/mol. The number of pyridine rings is 2. The smallest absolute Gasteiger partial charge is 0.103 e. The first kappa shape index (κ1) is 13.1. The minimum atomic E-state index is 0.553. The van der Waals surface area contributed by atoms with Gasteiger partial charge >= 0.3 is 0 Å². The summed E-state index contributed by atoms with van der Waals surface area (Å²) in [5.41, 5.74) is 4.47. The monoisotopic (exact) mass is 274 g/mol. The fourth-order valence-corrected chi connectivity index (χ4v) is 2.34. The number of nitriles is 1. The fraction of sp³-hybridized carbons (Fsp3) is 0.118. The molecule has 0 radical (unpaired) electrons. The first-order chi connectivity index (χ1) is 10.3. The molecule has 1 aromatic carbocycles. The molecule has 1 N–H and O–H groups in total. The first-order valence-electron chi connectivity index (χ1n) is 6.71. The van der Waals surface area contributed by atoms with Crippen LogP contribution in [0.5, 0.6) is 0 Å². The molecule has 0 aliphatic heterocycles. The van der Waals surface area contributed by atoms with Crippen molar-refractivity contribution < 1.29 is 0 Å². The topological polar surface area (TPSA) is 61.6 Å². The summed E-state index contributed by atoms with van der Waals surface area (Å²) in [6, 6.07) is 12.1. The minimum absolute atomic E-state index is 0.553. The third-order valence-electron chi connectivity index (χ3n) is 3.41. The highest BCUT2D eigenvalue weighted by Gasteiger charge is 2.09. The van der Waals surface area contributed by atoms with Crippen LogP contribution in [0.1, 0.15) is 16.7 Å². The zero-order valence-corrected chi connectivity index (χ0v) is 11.7. The molecule has 4 nitrogen and oxygen atoms in total. The van der Waals surface area contributed by atoms with E-state index in [1.807, 2.05) is 43.5 Å². The maximum atomic E-state index is 9.30.